The molecule has 31 heavy (non-hydrogen) atoms. The second-order valence-electron chi connectivity index (χ2n) is 7.18. The van der Waals surface area contributed by atoms with Crippen molar-refractivity contribution in [3.63, 3.8) is 0 Å². The number of carbonyl (C=O) groups is 1. The normalized spacial score (nSPS) is 13.6. The second kappa shape index (κ2) is 8.53. The number of amides is 1. The number of halogens is 1. The molecule has 0 saturated heterocycles. The predicted molar refractivity (Wildman–Crippen MR) is 127 cm³/mol. The summed E-state index contributed by atoms with van der Waals surface area (Å²) in [6.45, 7) is 3.63. The molecule has 4 rings (SSSR count). The van der Waals surface area contributed by atoms with Crippen LogP contribution in [0.2, 0.25) is 5.02 Å². The zero-order valence-corrected chi connectivity index (χ0v) is 18.5. The number of aliphatic imine (C=N–C) groups is 1. The van der Waals surface area contributed by atoms with E-state index in [1.54, 1.807) is 30.5 Å². The highest BCUT2D eigenvalue weighted by Gasteiger charge is 2.19. The number of hydrogen-bond acceptors (Lipinski definition) is 5. The lowest BCUT2D eigenvalue weighted by Gasteiger charge is -2.08. The van der Waals surface area contributed by atoms with E-state index in [4.69, 9.17) is 11.6 Å². The molecule has 8 heteroatoms. The largest absolute Gasteiger partial charge is 0.493 e. The number of nitrogens with one attached hydrogen (secondary N) is 1. The molecule has 2 heterocycles. The van der Waals surface area contributed by atoms with Gasteiger partial charge < -0.3 is 10.4 Å². The van der Waals surface area contributed by atoms with E-state index >= 15 is 0 Å². The lowest BCUT2D eigenvalue weighted by Crippen LogP contribution is -2.24. The molecule has 0 saturated carbocycles. The monoisotopic (exact) mass is 453 g/mol. The first kappa shape index (κ1) is 21.1. The minimum absolute atomic E-state index is 0.243. The number of hydrogen-bond donors (Lipinski definition) is 2. The quantitative estimate of drug-likeness (QED) is 0.568. The molecule has 158 valence electrons. The number of aryl methyl sites for hydroxylation is 2. The first-order valence-electron chi connectivity index (χ1n) is 9.74. The van der Waals surface area contributed by atoms with Crippen molar-refractivity contribution >= 4 is 58.1 Å². The Labute approximate surface area is 188 Å². The molecule has 0 atom stereocenters. The van der Waals surface area contributed by atoms with Crippen molar-refractivity contribution in [1.82, 2.24) is 4.57 Å². The van der Waals surface area contributed by atoms with Crippen LogP contribution in [0.3, 0.4) is 0 Å². The van der Waals surface area contributed by atoms with Crippen molar-refractivity contribution in [2.24, 2.45) is 4.99 Å². The highest BCUT2D eigenvalue weighted by molar-refractivity contribution is 7.10. The number of aromatic hydroxyl groups is 1. The molecule has 0 spiro atoms. The Bertz CT molecular complexity index is 1300. The fourth-order valence-electron chi connectivity index (χ4n) is 3.38. The van der Waals surface area contributed by atoms with Gasteiger partial charge in [0.1, 0.15) is 6.54 Å². The first-order chi connectivity index (χ1) is 14.9. The van der Waals surface area contributed by atoms with Crippen molar-refractivity contribution in [1.29, 1.82) is 0 Å². The van der Waals surface area contributed by atoms with Crippen molar-refractivity contribution in [3.8, 4) is 5.88 Å². The van der Waals surface area contributed by atoms with Gasteiger partial charge in [0, 0.05) is 28.1 Å². The third-order valence-electron chi connectivity index (χ3n) is 5.08. The van der Waals surface area contributed by atoms with Crippen LogP contribution in [-0.4, -0.2) is 21.8 Å². The summed E-state index contributed by atoms with van der Waals surface area (Å²) >= 11 is 6.97. The van der Waals surface area contributed by atoms with Crippen LogP contribution in [0.4, 0.5) is 11.4 Å². The van der Waals surface area contributed by atoms with Crippen molar-refractivity contribution < 1.29 is 9.90 Å². The molecular weight excluding hydrogens is 434 g/mol. The first-order valence-corrected chi connectivity index (χ1v) is 10.9. The van der Waals surface area contributed by atoms with Crippen molar-refractivity contribution in [3.05, 3.63) is 72.7 Å². The van der Waals surface area contributed by atoms with Crippen LogP contribution in [0.15, 0.2) is 46.2 Å². The van der Waals surface area contributed by atoms with E-state index in [2.05, 4.69) is 17.2 Å². The molecule has 0 radical (unpaired) electrons. The second-order valence-corrected chi connectivity index (χ2v) is 8.58. The van der Waals surface area contributed by atoms with Crippen LogP contribution in [0, 0.1) is 6.92 Å². The van der Waals surface area contributed by atoms with Crippen LogP contribution in [0.25, 0.3) is 11.6 Å². The van der Waals surface area contributed by atoms with Gasteiger partial charge in [-0.3, -0.25) is 19.1 Å². The van der Waals surface area contributed by atoms with Crippen LogP contribution in [0.5, 0.6) is 5.88 Å². The lowest BCUT2D eigenvalue weighted by atomic mass is 10.0. The van der Waals surface area contributed by atoms with Crippen LogP contribution in [-0.2, 0) is 17.8 Å². The standard InChI is InChI=1S/C23H20ClN3O3S/c1-3-14-5-4-6-17-15(11-25-21(14)17)9-19-22(29)27(23(30)31-19)12-20(28)26-16-8-7-13(2)18(24)10-16/h4-11,29H,3,12H2,1-2H3,(H,26,28)/b15-9+. The van der Waals surface area contributed by atoms with Crippen LogP contribution in [0.1, 0.15) is 28.5 Å². The van der Waals surface area contributed by atoms with Gasteiger partial charge in [-0.15, -0.1) is 0 Å². The number of rotatable bonds is 5. The number of anilines is 1. The summed E-state index contributed by atoms with van der Waals surface area (Å²) in [6, 6.07) is 11.1. The summed E-state index contributed by atoms with van der Waals surface area (Å²) in [5.74, 6) is -0.678. The van der Waals surface area contributed by atoms with E-state index in [0.717, 1.165) is 50.3 Å². The van der Waals surface area contributed by atoms with Crippen LogP contribution < -0.4 is 10.2 Å². The van der Waals surface area contributed by atoms with E-state index in [0.29, 0.717) is 15.6 Å². The van der Waals surface area contributed by atoms with E-state index < -0.39 is 10.8 Å². The third-order valence-corrected chi connectivity index (χ3v) is 6.40. The Morgan fingerprint density at radius 3 is 2.87 bits per heavy atom. The Hall–Kier alpha value is -3.16. The minimum atomic E-state index is -0.435. The number of thiazole rings is 1. The fraction of sp³-hybridized carbons (Fsp3) is 0.174. The Morgan fingerprint density at radius 2 is 2.13 bits per heavy atom. The number of para-hydroxylation sites is 1. The number of allylic oxidation sites excluding steroid dienone is 1. The van der Waals surface area contributed by atoms with Gasteiger partial charge in [-0.05, 0) is 42.7 Å². The number of fused-ring (bicyclic) bond motifs is 1. The SMILES string of the molecule is CCc1cccc2c1N=C/C2=C\c1sc(=O)n(CC(=O)Nc2ccc(C)c(Cl)c2)c1O. The van der Waals surface area contributed by atoms with Gasteiger partial charge in [-0.1, -0.05) is 54.1 Å². The maximum absolute atomic E-state index is 12.4. The minimum Gasteiger partial charge on any atom is -0.493 e. The molecule has 0 bridgehead atoms. The number of benzene rings is 2. The summed E-state index contributed by atoms with van der Waals surface area (Å²) in [6.07, 6.45) is 4.32. The maximum Gasteiger partial charge on any atom is 0.311 e. The predicted octanol–water partition coefficient (Wildman–Crippen LogP) is 5.03. The molecule has 3 aromatic rings. The molecule has 1 aliphatic heterocycles. The summed E-state index contributed by atoms with van der Waals surface area (Å²) in [4.78, 5) is 29.3. The molecule has 1 aliphatic rings. The molecule has 0 unspecified atom stereocenters. The topological polar surface area (TPSA) is 83.7 Å². The Balaban J connectivity index is 1.57. The fourth-order valence-corrected chi connectivity index (χ4v) is 4.40. The zero-order valence-electron chi connectivity index (χ0n) is 17.0. The third kappa shape index (κ3) is 4.19. The molecule has 0 fully saturated rings. The summed E-state index contributed by atoms with van der Waals surface area (Å²) in [7, 11) is 0. The zero-order chi connectivity index (χ0) is 22.1. The highest BCUT2D eigenvalue weighted by atomic mass is 35.5. The molecule has 0 aliphatic carbocycles. The van der Waals surface area contributed by atoms with Gasteiger partial charge >= 0.3 is 4.87 Å². The van der Waals surface area contributed by atoms with E-state index in [1.165, 1.54) is 0 Å². The van der Waals surface area contributed by atoms with Gasteiger partial charge in [-0.25, -0.2) is 0 Å². The van der Waals surface area contributed by atoms with Crippen LogP contribution >= 0.6 is 22.9 Å². The smallest absolute Gasteiger partial charge is 0.311 e. The summed E-state index contributed by atoms with van der Waals surface area (Å²) in [5, 5.41) is 13.8. The Morgan fingerprint density at radius 1 is 1.32 bits per heavy atom. The van der Waals surface area contributed by atoms with Crippen molar-refractivity contribution in [2.75, 3.05) is 5.32 Å². The highest BCUT2D eigenvalue weighted by Crippen LogP contribution is 2.37. The number of nitrogens with zero attached hydrogens (tertiary/aromatic N) is 2. The van der Waals surface area contributed by atoms with Gasteiger partial charge in [-0.2, -0.15) is 0 Å². The maximum atomic E-state index is 12.4. The van der Waals surface area contributed by atoms with Crippen molar-refractivity contribution in [2.45, 2.75) is 26.8 Å². The van der Waals surface area contributed by atoms with Gasteiger partial charge in [0.05, 0.1) is 10.6 Å². The summed E-state index contributed by atoms with van der Waals surface area (Å²) < 4.78 is 1.05. The van der Waals surface area contributed by atoms with E-state index in [1.807, 2.05) is 25.1 Å². The average molecular weight is 454 g/mol. The Kier molecular flexibility index (Phi) is 5.80. The molecule has 6 nitrogen and oxygen atoms in total. The molecular formula is C23H20ClN3O3S. The average Bonchev–Trinajstić information content (AvgIpc) is 3.27. The number of carbonyl (C=O) groups excluding carboxylic acids is 1. The summed E-state index contributed by atoms with van der Waals surface area (Å²) in [5.41, 5.74) is 5.25. The van der Waals surface area contributed by atoms with Gasteiger partial charge in [0.2, 0.25) is 11.8 Å². The number of aromatic nitrogens is 1. The molecule has 2 aromatic carbocycles. The lowest BCUT2D eigenvalue weighted by molar-refractivity contribution is -0.116. The van der Waals surface area contributed by atoms with E-state index in [-0.39, 0.29) is 12.4 Å². The van der Waals surface area contributed by atoms with E-state index in [9.17, 15) is 14.7 Å². The van der Waals surface area contributed by atoms with Gasteiger partial charge in [0.25, 0.3) is 0 Å². The molecule has 1 aromatic heterocycles. The molecule has 1 amide bonds. The molecule has 2 N–H and O–H groups in total. The van der Waals surface area contributed by atoms with Gasteiger partial charge in [0.15, 0.2) is 0 Å².